The fourth-order valence-electron chi connectivity index (χ4n) is 2.41. The molecule has 5 heteroatoms. The molecular weight excluding hydrogens is 244 g/mol. The minimum absolute atomic E-state index is 0.0595. The van der Waals surface area contributed by atoms with Crippen LogP contribution in [0.1, 0.15) is 40.0 Å². The van der Waals surface area contributed by atoms with E-state index in [1.807, 2.05) is 20.8 Å². The largest absolute Gasteiger partial charge is 0.467 e. The van der Waals surface area contributed by atoms with Gasteiger partial charge in [-0.2, -0.15) is 0 Å². The Kier molecular flexibility index (Phi) is 5.79. The predicted molar refractivity (Wildman–Crippen MR) is 73.6 cm³/mol. The normalized spacial score (nSPS) is 24.9. The Hall–Kier alpha value is -1.10. The van der Waals surface area contributed by atoms with Gasteiger partial charge < -0.3 is 15.4 Å². The van der Waals surface area contributed by atoms with Gasteiger partial charge in [-0.05, 0) is 38.6 Å². The molecule has 0 bridgehead atoms. The van der Waals surface area contributed by atoms with E-state index >= 15 is 0 Å². The van der Waals surface area contributed by atoms with Crippen LogP contribution in [-0.2, 0) is 14.3 Å². The second kappa shape index (κ2) is 6.89. The number of piperidine rings is 1. The quantitative estimate of drug-likeness (QED) is 0.734. The van der Waals surface area contributed by atoms with Crippen LogP contribution in [0.2, 0.25) is 0 Å². The summed E-state index contributed by atoms with van der Waals surface area (Å²) in [6.45, 7) is 7.60. The molecule has 1 rings (SSSR count). The van der Waals surface area contributed by atoms with E-state index < -0.39 is 11.5 Å². The number of nitrogens with one attached hydrogen (secondary N) is 2. The highest BCUT2D eigenvalue weighted by molar-refractivity contribution is 5.88. The van der Waals surface area contributed by atoms with Crippen LogP contribution in [0.4, 0.5) is 0 Å². The molecule has 0 aliphatic carbocycles. The highest BCUT2D eigenvalue weighted by Gasteiger charge is 2.36. The smallest absolute Gasteiger partial charge is 0.328 e. The fraction of sp³-hybridized carbons (Fsp3) is 0.857. The van der Waals surface area contributed by atoms with Crippen molar-refractivity contribution in [3.8, 4) is 0 Å². The molecular formula is C14H26N2O3. The van der Waals surface area contributed by atoms with Crippen molar-refractivity contribution in [2.75, 3.05) is 20.2 Å². The third-order valence-electron chi connectivity index (χ3n) is 3.64. The second-order valence-corrected chi connectivity index (χ2v) is 6.02. The van der Waals surface area contributed by atoms with Gasteiger partial charge >= 0.3 is 5.97 Å². The van der Waals surface area contributed by atoms with Crippen LogP contribution in [0.3, 0.4) is 0 Å². The SMILES string of the molecule is COC(=O)[C@H](CC(C)C)NC(=O)C1(C)CCCNC1. The lowest BCUT2D eigenvalue weighted by Gasteiger charge is -2.34. The maximum Gasteiger partial charge on any atom is 0.328 e. The predicted octanol–water partition coefficient (Wildman–Crippen LogP) is 1.08. The molecule has 0 aromatic heterocycles. The van der Waals surface area contributed by atoms with E-state index in [9.17, 15) is 9.59 Å². The third-order valence-corrected chi connectivity index (χ3v) is 3.64. The zero-order chi connectivity index (χ0) is 14.5. The number of hydrogen-bond donors (Lipinski definition) is 2. The number of esters is 1. The van der Waals surface area contributed by atoms with E-state index in [1.165, 1.54) is 7.11 Å². The van der Waals surface area contributed by atoms with E-state index in [1.54, 1.807) is 0 Å². The monoisotopic (exact) mass is 270 g/mol. The van der Waals surface area contributed by atoms with Crippen molar-refractivity contribution in [1.82, 2.24) is 10.6 Å². The van der Waals surface area contributed by atoms with Gasteiger partial charge in [0.15, 0.2) is 0 Å². The Labute approximate surface area is 115 Å². The molecule has 1 amide bonds. The van der Waals surface area contributed by atoms with Gasteiger partial charge in [0.25, 0.3) is 0 Å². The molecule has 0 saturated carbocycles. The minimum atomic E-state index is -0.545. The number of carbonyl (C=O) groups is 2. The molecule has 2 atom stereocenters. The molecule has 0 aromatic carbocycles. The number of methoxy groups -OCH3 is 1. The van der Waals surface area contributed by atoms with E-state index in [4.69, 9.17) is 4.74 Å². The summed E-state index contributed by atoms with van der Waals surface area (Å²) in [6, 6.07) is -0.545. The number of amides is 1. The first-order chi connectivity index (χ1) is 8.89. The summed E-state index contributed by atoms with van der Waals surface area (Å²) in [5, 5.41) is 6.09. The first kappa shape index (κ1) is 16.0. The highest BCUT2D eigenvalue weighted by atomic mass is 16.5. The Bertz CT molecular complexity index is 323. The van der Waals surface area contributed by atoms with Gasteiger partial charge in [-0.15, -0.1) is 0 Å². The molecule has 0 aromatic rings. The summed E-state index contributed by atoms with van der Waals surface area (Å²) in [5.74, 6) is -0.105. The van der Waals surface area contributed by atoms with Crippen molar-refractivity contribution < 1.29 is 14.3 Å². The summed E-state index contributed by atoms with van der Waals surface area (Å²) in [6.07, 6.45) is 2.43. The van der Waals surface area contributed by atoms with Gasteiger partial charge in [0.1, 0.15) is 6.04 Å². The standard InChI is InChI=1S/C14H26N2O3/c1-10(2)8-11(12(17)19-4)16-13(18)14(3)6-5-7-15-9-14/h10-11,15H,5-9H2,1-4H3,(H,16,18)/t11-,14?/m0/s1. The lowest BCUT2D eigenvalue weighted by atomic mass is 9.81. The molecule has 1 fully saturated rings. The third kappa shape index (κ3) is 4.49. The Morgan fingerprint density at radius 2 is 2.11 bits per heavy atom. The van der Waals surface area contributed by atoms with Crippen LogP contribution in [0.5, 0.6) is 0 Å². The van der Waals surface area contributed by atoms with E-state index in [2.05, 4.69) is 10.6 Å². The van der Waals surface area contributed by atoms with Gasteiger partial charge in [-0.25, -0.2) is 4.79 Å². The molecule has 5 nitrogen and oxygen atoms in total. The van der Waals surface area contributed by atoms with Crippen molar-refractivity contribution in [3.05, 3.63) is 0 Å². The zero-order valence-electron chi connectivity index (χ0n) is 12.4. The average Bonchev–Trinajstić information content (AvgIpc) is 2.37. The van der Waals surface area contributed by atoms with Crippen LogP contribution < -0.4 is 10.6 Å². The molecule has 0 radical (unpaired) electrons. The summed E-state index contributed by atoms with van der Waals surface area (Å²) in [7, 11) is 1.35. The average molecular weight is 270 g/mol. The number of carbonyl (C=O) groups excluding carboxylic acids is 2. The second-order valence-electron chi connectivity index (χ2n) is 6.02. The van der Waals surface area contributed by atoms with Crippen molar-refractivity contribution >= 4 is 11.9 Å². The summed E-state index contributed by atoms with van der Waals surface area (Å²) < 4.78 is 4.77. The minimum Gasteiger partial charge on any atom is -0.467 e. The van der Waals surface area contributed by atoms with E-state index in [0.717, 1.165) is 19.4 Å². The maximum absolute atomic E-state index is 12.4. The highest BCUT2D eigenvalue weighted by Crippen LogP contribution is 2.26. The van der Waals surface area contributed by atoms with Crippen LogP contribution >= 0.6 is 0 Å². The molecule has 2 N–H and O–H groups in total. The lowest BCUT2D eigenvalue weighted by molar-refractivity contribution is -0.147. The van der Waals surface area contributed by atoms with Crippen LogP contribution in [-0.4, -0.2) is 38.1 Å². The van der Waals surface area contributed by atoms with Gasteiger partial charge in [0.2, 0.25) is 5.91 Å². The molecule has 19 heavy (non-hydrogen) atoms. The molecule has 1 heterocycles. The Morgan fingerprint density at radius 3 is 2.58 bits per heavy atom. The fourth-order valence-corrected chi connectivity index (χ4v) is 2.41. The topological polar surface area (TPSA) is 67.4 Å². The van der Waals surface area contributed by atoms with E-state index in [0.29, 0.717) is 18.9 Å². The lowest BCUT2D eigenvalue weighted by Crippen LogP contribution is -2.53. The first-order valence-corrected chi connectivity index (χ1v) is 6.98. The van der Waals surface area contributed by atoms with Crippen LogP contribution in [0.15, 0.2) is 0 Å². The molecule has 1 saturated heterocycles. The van der Waals surface area contributed by atoms with Crippen molar-refractivity contribution in [1.29, 1.82) is 0 Å². The molecule has 1 aliphatic heterocycles. The first-order valence-electron chi connectivity index (χ1n) is 6.98. The van der Waals surface area contributed by atoms with Crippen molar-refractivity contribution in [2.24, 2.45) is 11.3 Å². The van der Waals surface area contributed by atoms with Crippen molar-refractivity contribution in [2.45, 2.75) is 46.1 Å². The van der Waals surface area contributed by atoms with Gasteiger partial charge in [0, 0.05) is 6.54 Å². The molecule has 1 aliphatic rings. The van der Waals surface area contributed by atoms with Gasteiger partial charge in [-0.1, -0.05) is 13.8 Å². The Morgan fingerprint density at radius 1 is 1.42 bits per heavy atom. The molecule has 110 valence electrons. The summed E-state index contributed by atoms with van der Waals surface area (Å²) in [5.41, 5.74) is -0.429. The Balaban J connectivity index is 2.66. The number of ether oxygens (including phenoxy) is 1. The maximum atomic E-state index is 12.4. The van der Waals surface area contributed by atoms with Gasteiger partial charge in [0.05, 0.1) is 12.5 Å². The summed E-state index contributed by atoms with van der Waals surface area (Å²) in [4.78, 5) is 24.1. The van der Waals surface area contributed by atoms with Crippen molar-refractivity contribution in [3.63, 3.8) is 0 Å². The van der Waals surface area contributed by atoms with Gasteiger partial charge in [-0.3, -0.25) is 4.79 Å². The zero-order valence-corrected chi connectivity index (χ0v) is 12.4. The number of rotatable bonds is 5. The molecule has 1 unspecified atom stereocenters. The summed E-state index contributed by atoms with van der Waals surface area (Å²) >= 11 is 0. The van der Waals surface area contributed by atoms with Crippen LogP contribution in [0, 0.1) is 11.3 Å². The molecule has 0 spiro atoms. The van der Waals surface area contributed by atoms with E-state index in [-0.39, 0.29) is 11.9 Å². The van der Waals surface area contributed by atoms with Crippen LogP contribution in [0.25, 0.3) is 0 Å². The number of hydrogen-bond acceptors (Lipinski definition) is 4.